The van der Waals surface area contributed by atoms with Crippen molar-refractivity contribution in [1.82, 2.24) is 0 Å². The van der Waals surface area contributed by atoms with Crippen molar-refractivity contribution in [3.8, 4) is 17.6 Å². The van der Waals surface area contributed by atoms with Crippen molar-refractivity contribution >= 4 is 32.3 Å². The van der Waals surface area contributed by atoms with E-state index in [1.165, 1.54) is 26.9 Å². The van der Waals surface area contributed by atoms with Gasteiger partial charge in [-0.3, -0.25) is 0 Å². The zero-order chi connectivity index (χ0) is 14.2. The van der Waals surface area contributed by atoms with Crippen LogP contribution in [0.1, 0.15) is 6.92 Å². The molecule has 0 saturated heterocycles. The van der Waals surface area contributed by atoms with Crippen LogP contribution < -0.4 is 4.74 Å². The fraction of sp³-hybridized carbons (Fsp3) is 0.100. The predicted molar refractivity (Wildman–Crippen MR) is 89.1 cm³/mol. The topological polar surface area (TPSA) is 9.23 Å². The molecule has 0 spiro atoms. The minimum atomic E-state index is 0.427. The Morgan fingerprint density at radius 3 is 2.38 bits per heavy atom. The second-order valence-electron chi connectivity index (χ2n) is 5.14. The van der Waals surface area contributed by atoms with Crippen molar-refractivity contribution in [1.29, 1.82) is 0 Å². The molecule has 0 amide bonds. The molecule has 0 unspecified atom stereocenters. The van der Waals surface area contributed by atoms with Gasteiger partial charge in [0.2, 0.25) is 0 Å². The normalized spacial score (nSPS) is 10.9. The molecule has 0 aliphatic rings. The molecule has 0 atom stereocenters. The van der Waals surface area contributed by atoms with Crippen molar-refractivity contribution in [2.24, 2.45) is 0 Å². The van der Waals surface area contributed by atoms with E-state index < -0.39 is 0 Å². The van der Waals surface area contributed by atoms with Gasteiger partial charge in [-0.2, -0.15) is 0 Å². The van der Waals surface area contributed by atoms with Gasteiger partial charge in [-0.1, -0.05) is 54.5 Å². The van der Waals surface area contributed by atoms with Crippen LogP contribution in [0.3, 0.4) is 0 Å². The molecule has 1 heteroatoms. The first-order valence-corrected chi connectivity index (χ1v) is 7.07. The fourth-order valence-electron chi connectivity index (χ4n) is 3.03. The summed E-state index contributed by atoms with van der Waals surface area (Å²) in [5, 5.41) is 7.51. The van der Waals surface area contributed by atoms with Crippen LogP contribution in [0.15, 0.2) is 54.6 Å². The maximum absolute atomic E-state index is 5.89. The van der Waals surface area contributed by atoms with Gasteiger partial charge in [-0.15, -0.1) is 5.92 Å². The molecule has 0 N–H and O–H groups in total. The zero-order valence-electron chi connectivity index (χ0n) is 11.8. The molecule has 21 heavy (non-hydrogen) atoms. The third-order valence-corrected chi connectivity index (χ3v) is 3.95. The molecule has 0 saturated carbocycles. The summed E-state index contributed by atoms with van der Waals surface area (Å²) in [7, 11) is 0. The van der Waals surface area contributed by atoms with Gasteiger partial charge in [0.1, 0.15) is 12.4 Å². The third-order valence-electron chi connectivity index (χ3n) is 3.95. The van der Waals surface area contributed by atoms with Crippen molar-refractivity contribution < 1.29 is 4.74 Å². The largest absolute Gasteiger partial charge is 0.480 e. The number of benzene rings is 4. The van der Waals surface area contributed by atoms with Crippen LogP contribution in [-0.4, -0.2) is 6.61 Å². The van der Waals surface area contributed by atoms with Gasteiger partial charge in [-0.25, -0.2) is 0 Å². The summed E-state index contributed by atoms with van der Waals surface area (Å²) in [4.78, 5) is 0. The summed E-state index contributed by atoms with van der Waals surface area (Å²) < 4.78 is 5.89. The number of rotatable bonds is 2. The molecule has 0 aliphatic heterocycles. The lowest BCUT2D eigenvalue weighted by molar-refractivity contribution is 0.375. The van der Waals surface area contributed by atoms with E-state index in [9.17, 15) is 0 Å². The van der Waals surface area contributed by atoms with E-state index in [1.54, 1.807) is 0 Å². The SMILES string of the molecule is CC#CCOc1cc2cccc3ccc4cccc1c4c32. The maximum Gasteiger partial charge on any atom is 0.149 e. The highest BCUT2D eigenvalue weighted by molar-refractivity contribution is 6.24. The molecule has 0 heterocycles. The van der Waals surface area contributed by atoms with Crippen LogP contribution in [0.2, 0.25) is 0 Å². The lowest BCUT2D eigenvalue weighted by Crippen LogP contribution is -1.95. The number of ether oxygens (including phenoxy) is 1. The van der Waals surface area contributed by atoms with Gasteiger partial charge in [0.15, 0.2) is 0 Å². The Hall–Kier alpha value is -2.72. The van der Waals surface area contributed by atoms with Gasteiger partial charge >= 0.3 is 0 Å². The van der Waals surface area contributed by atoms with Gasteiger partial charge in [0.05, 0.1) is 0 Å². The fourth-order valence-corrected chi connectivity index (χ4v) is 3.03. The van der Waals surface area contributed by atoms with Crippen LogP contribution in [0.5, 0.6) is 5.75 Å². The molecule has 0 aromatic heterocycles. The summed E-state index contributed by atoms with van der Waals surface area (Å²) in [5.74, 6) is 6.74. The Kier molecular flexibility index (Phi) is 2.69. The van der Waals surface area contributed by atoms with Gasteiger partial charge < -0.3 is 4.74 Å². The molecular weight excluding hydrogens is 256 g/mol. The molecule has 0 fully saturated rings. The van der Waals surface area contributed by atoms with E-state index in [2.05, 4.69) is 66.4 Å². The van der Waals surface area contributed by atoms with E-state index in [0.29, 0.717) is 6.61 Å². The number of hydrogen-bond acceptors (Lipinski definition) is 1. The Morgan fingerprint density at radius 1 is 0.857 bits per heavy atom. The Bertz CT molecular complexity index is 1000. The van der Waals surface area contributed by atoms with Crippen LogP contribution in [0.25, 0.3) is 32.3 Å². The summed E-state index contributed by atoms with van der Waals surface area (Å²) in [6.07, 6.45) is 0. The highest BCUT2D eigenvalue weighted by atomic mass is 16.5. The zero-order valence-corrected chi connectivity index (χ0v) is 11.8. The minimum absolute atomic E-state index is 0.427. The van der Waals surface area contributed by atoms with E-state index in [-0.39, 0.29) is 0 Å². The molecule has 4 aromatic rings. The molecule has 0 aliphatic carbocycles. The quantitative estimate of drug-likeness (QED) is 0.368. The molecule has 4 rings (SSSR count). The maximum atomic E-state index is 5.89. The van der Waals surface area contributed by atoms with E-state index in [1.807, 2.05) is 6.92 Å². The van der Waals surface area contributed by atoms with Crippen molar-refractivity contribution in [2.45, 2.75) is 6.92 Å². The van der Waals surface area contributed by atoms with E-state index in [0.717, 1.165) is 11.1 Å². The first-order chi connectivity index (χ1) is 10.4. The van der Waals surface area contributed by atoms with Crippen molar-refractivity contribution in [2.75, 3.05) is 6.61 Å². The Labute approximate surface area is 123 Å². The van der Waals surface area contributed by atoms with E-state index >= 15 is 0 Å². The monoisotopic (exact) mass is 270 g/mol. The average Bonchev–Trinajstić information content (AvgIpc) is 2.53. The Morgan fingerprint density at radius 2 is 1.57 bits per heavy atom. The molecular formula is C20H14O. The first-order valence-electron chi connectivity index (χ1n) is 7.07. The van der Waals surface area contributed by atoms with Crippen LogP contribution in [0.4, 0.5) is 0 Å². The van der Waals surface area contributed by atoms with Crippen molar-refractivity contribution in [3.63, 3.8) is 0 Å². The molecule has 0 bridgehead atoms. The highest BCUT2D eigenvalue weighted by Gasteiger charge is 2.11. The number of hydrogen-bond donors (Lipinski definition) is 0. The highest BCUT2D eigenvalue weighted by Crippen LogP contribution is 2.39. The minimum Gasteiger partial charge on any atom is -0.480 e. The van der Waals surface area contributed by atoms with Crippen molar-refractivity contribution in [3.05, 3.63) is 54.6 Å². The van der Waals surface area contributed by atoms with Gasteiger partial charge in [0, 0.05) is 10.8 Å². The van der Waals surface area contributed by atoms with Gasteiger partial charge in [-0.05, 0) is 34.5 Å². The summed E-state index contributed by atoms with van der Waals surface area (Å²) in [6, 6.07) is 19.3. The lowest BCUT2D eigenvalue weighted by Gasteiger charge is -2.14. The summed E-state index contributed by atoms with van der Waals surface area (Å²) in [5.41, 5.74) is 0. The smallest absolute Gasteiger partial charge is 0.149 e. The second kappa shape index (κ2) is 4.68. The first kappa shape index (κ1) is 12.1. The lowest BCUT2D eigenvalue weighted by atomic mass is 9.94. The average molecular weight is 270 g/mol. The second-order valence-corrected chi connectivity index (χ2v) is 5.14. The predicted octanol–water partition coefficient (Wildman–Crippen LogP) is 4.99. The van der Waals surface area contributed by atoms with Crippen LogP contribution in [0, 0.1) is 11.8 Å². The Balaban J connectivity index is 2.11. The summed E-state index contributed by atoms with van der Waals surface area (Å²) >= 11 is 0. The molecule has 0 radical (unpaired) electrons. The van der Waals surface area contributed by atoms with Crippen LogP contribution >= 0.6 is 0 Å². The van der Waals surface area contributed by atoms with Crippen LogP contribution in [-0.2, 0) is 0 Å². The molecule has 100 valence electrons. The van der Waals surface area contributed by atoms with Gasteiger partial charge in [0.25, 0.3) is 0 Å². The standard InChI is InChI=1S/C20H14O/c1-2-3-12-21-18-13-16-8-4-6-14-10-11-15-7-5-9-17(18)20(15)19(14)16/h4-11,13H,12H2,1H3. The van der Waals surface area contributed by atoms with E-state index in [4.69, 9.17) is 4.74 Å². The third kappa shape index (κ3) is 1.80. The summed E-state index contributed by atoms with van der Waals surface area (Å²) in [6.45, 7) is 2.26. The molecule has 4 aromatic carbocycles. The molecule has 1 nitrogen and oxygen atoms in total.